The van der Waals surface area contributed by atoms with Gasteiger partial charge in [-0.15, -0.1) is 24.8 Å². The summed E-state index contributed by atoms with van der Waals surface area (Å²) in [6.45, 7) is 5.04. The molecule has 2 heterocycles. The summed E-state index contributed by atoms with van der Waals surface area (Å²) in [5.41, 5.74) is 1.96. The molecule has 1 unspecified atom stereocenters. The number of aryl methyl sites for hydroxylation is 1. The van der Waals surface area contributed by atoms with E-state index >= 15 is 0 Å². The Morgan fingerprint density at radius 2 is 1.96 bits per heavy atom. The van der Waals surface area contributed by atoms with Crippen LogP contribution in [0.1, 0.15) is 31.4 Å². The van der Waals surface area contributed by atoms with E-state index in [0.29, 0.717) is 5.88 Å². The third kappa shape index (κ3) is 6.81. The highest BCUT2D eigenvalue weighted by Gasteiger charge is 2.12. The predicted molar refractivity (Wildman–Crippen MR) is 107 cm³/mol. The van der Waals surface area contributed by atoms with Crippen LogP contribution in [0, 0.1) is 12.8 Å². The zero-order valence-corrected chi connectivity index (χ0v) is 16.2. The van der Waals surface area contributed by atoms with Crippen molar-refractivity contribution >= 4 is 24.8 Å². The van der Waals surface area contributed by atoms with Crippen molar-refractivity contribution in [1.82, 2.24) is 15.3 Å². The molecule has 0 saturated carbocycles. The first kappa shape index (κ1) is 21.7. The largest absolute Gasteiger partial charge is 0.478 e. The molecule has 0 spiro atoms. The van der Waals surface area contributed by atoms with Crippen LogP contribution in [0.4, 0.5) is 0 Å². The van der Waals surface area contributed by atoms with Crippen LogP contribution in [0.3, 0.4) is 0 Å². The summed E-state index contributed by atoms with van der Waals surface area (Å²) < 4.78 is 5.87. The van der Waals surface area contributed by atoms with E-state index < -0.39 is 0 Å². The van der Waals surface area contributed by atoms with Crippen molar-refractivity contribution in [2.75, 3.05) is 19.7 Å². The van der Waals surface area contributed by atoms with Gasteiger partial charge in [-0.3, -0.25) is 0 Å². The maximum absolute atomic E-state index is 5.87. The summed E-state index contributed by atoms with van der Waals surface area (Å²) in [6, 6.07) is 12.0. The molecule has 1 aromatic heterocycles. The molecule has 6 heteroatoms. The lowest BCUT2D eigenvalue weighted by atomic mass is 9.95. The minimum absolute atomic E-state index is 0. The number of rotatable bonds is 6. The molecule has 2 aromatic rings. The number of piperidine rings is 1. The van der Waals surface area contributed by atoms with Crippen LogP contribution in [0.15, 0.2) is 36.4 Å². The summed E-state index contributed by atoms with van der Waals surface area (Å²) in [5, 5.41) is 3.47. The molecule has 1 aliphatic heterocycles. The van der Waals surface area contributed by atoms with E-state index in [9.17, 15) is 0 Å². The Kier molecular flexibility index (Phi) is 9.79. The quantitative estimate of drug-likeness (QED) is 0.748. The maximum Gasteiger partial charge on any atom is 0.217 e. The number of halogens is 2. The SMILES string of the molecule is Cc1cc(OCCCC2CCCNC2)nc(-c2ccccc2)n1.Cl.Cl. The summed E-state index contributed by atoms with van der Waals surface area (Å²) in [4.78, 5) is 9.05. The molecule has 1 fully saturated rings. The van der Waals surface area contributed by atoms with Crippen LogP contribution < -0.4 is 10.1 Å². The fourth-order valence-electron chi connectivity index (χ4n) is 3.05. The van der Waals surface area contributed by atoms with E-state index in [4.69, 9.17) is 4.74 Å². The highest BCUT2D eigenvalue weighted by Crippen LogP contribution is 2.20. The van der Waals surface area contributed by atoms with Gasteiger partial charge < -0.3 is 10.1 Å². The van der Waals surface area contributed by atoms with E-state index in [1.165, 1.54) is 25.8 Å². The van der Waals surface area contributed by atoms with Gasteiger partial charge in [0.05, 0.1) is 6.61 Å². The topological polar surface area (TPSA) is 47.0 Å². The van der Waals surface area contributed by atoms with Crippen LogP contribution in [-0.4, -0.2) is 29.7 Å². The molecule has 138 valence electrons. The lowest BCUT2D eigenvalue weighted by Gasteiger charge is -2.22. The number of benzene rings is 1. The highest BCUT2D eigenvalue weighted by molar-refractivity contribution is 5.85. The molecule has 1 N–H and O–H groups in total. The van der Waals surface area contributed by atoms with Gasteiger partial charge in [-0.05, 0) is 51.6 Å². The third-order valence-electron chi connectivity index (χ3n) is 4.27. The molecule has 0 radical (unpaired) electrons. The van der Waals surface area contributed by atoms with Gasteiger partial charge in [0.1, 0.15) is 0 Å². The predicted octanol–water partition coefficient (Wildman–Crippen LogP) is 4.45. The first-order valence-electron chi connectivity index (χ1n) is 8.56. The molecule has 4 nitrogen and oxygen atoms in total. The van der Waals surface area contributed by atoms with Crippen molar-refractivity contribution in [3.05, 3.63) is 42.1 Å². The minimum Gasteiger partial charge on any atom is -0.478 e. The molecule has 1 aromatic carbocycles. The van der Waals surface area contributed by atoms with Gasteiger partial charge in [0.25, 0.3) is 0 Å². The summed E-state index contributed by atoms with van der Waals surface area (Å²) in [6.07, 6.45) is 4.95. The third-order valence-corrected chi connectivity index (χ3v) is 4.27. The standard InChI is InChI=1S/C19H25N3O.2ClH/c1-15-13-18(22-19(21-15)17-9-3-2-4-10-17)23-12-6-8-16-7-5-11-20-14-16;;/h2-4,9-10,13,16,20H,5-8,11-12,14H2,1H3;2*1H. The van der Waals surface area contributed by atoms with Crippen LogP contribution in [0.25, 0.3) is 11.4 Å². The number of hydrogen-bond donors (Lipinski definition) is 1. The van der Waals surface area contributed by atoms with Gasteiger partial charge in [0, 0.05) is 17.3 Å². The van der Waals surface area contributed by atoms with Gasteiger partial charge >= 0.3 is 0 Å². The van der Waals surface area contributed by atoms with Crippen LogP contribution >= 0.6 is 24.8 Å². The lowest BCUT2D eigenvalue weighted by Crippen LogP contribution is -2.29. The van der Waals surface area contributed by atoms with Gasteiger partial charge in [-0.1, -0.05) is 30.3 Å². The second-order valence-corrected chi connectivity index (χ2v) is 6.24. The molecule has 0 aliphatic carbocycles. The van der Waals surface area contributed by atoms with Crippen molar-refractivity contribution in [3.8, 4) is 17.3 Å². The van der Waals surface area contributed by atoms with Crippen molar-refractivity contribution in [1.29, 1.82) is 0 Å². The monoisotopic (exact) mass is 383 g/mol. The van der Waals surface area contributed by atoms with Gasteiger partial charge in [-0.25, -0.2) is 4.98 Å². The van der Waals surface area contributed by atoms with Gasteiger partial charge in [0.15, 0.2) is 5.82 Å². The van der Waals surface area contributed by atoms with Crippen molar-refractivity contribution in [3.63, 3.8) is 0 Å². The average molecular weight is 384 g/mol. The Hall–Kier alpha value is -1.36. The van der Waals surface area contributed by atoms with Crippen LogP contribution in [0.5, 0.6) is 5.88 Å². The molecule has 0 amide bonds. The minimum atomic E-state index is 0. The maximum atomic E-state index is 5.87. The number of ether oxygens (including phenoxy) is 1. The number of nitrogens with one attached hydrogen (secondary N) is 1. The normalized spacial score (nSPS) is 16.4. The molecular weight excluding hydrogens is 357 g/mol. The second-order valence-electron chi connectivity index (χ2n) is 6.24. The Labute approximate surface area is 162 Å². The molecule has 1 aliphatic rings. The van der Waals surface area contributed by atoms with E-state index in [1.54, 1.807) is 0 Å². The van der Waals surface area contributed by atoms with Gasteiger partial charge in [-0.2, -0.15) is 4.98 Å². The summed E-state index contributed by atoms with van der Waals surface area (Å²) >= 11 is 0. The highest BCUT2D eigenvalue weighted by atomic mass is 35.5. The van der Waals surface area contributed by atoms with Crippen molar-refractivity contribution < 1.29 is 4.74 Å². The number of hydrogen-bond acceptors (Lipinski definition) is 4. The van der Waals surface area contributed by atoms with Crippen LogP contribution in [0.2, 0.25) is 0 Å². The number of nitrogens with zero attached hydrogens (tertiary/aromatic N) is 2. The van der Waals surface area contributed by atoms with Crippen molar-refractivity contribution in [2.24, 2.45) is 5.92 Å². The van der Waals surface area contributed by atoms with E-state index in [0.717, 1.165) is 42.6 Å². The first-order chi connectivity index (χ1) is 11.3. The zero-order valence-electron chi connectivity index (χ0n) is 14.6. The Morgan fingerprint density at radius 3 is 2.68 bits per heavy atom. The fourth-order valence-corrected chi connectivity index (χ4v) is 3.05. The molecular formula is C19H27Cl2N3O. The number of aromatic nitrogens is 2. The molecule has 1 saturated heterocycles. The average Bonchev–Trinajstić information content (AvgIpc) is 2.60. The summed E-state index contributed by atoms with van der Waals surface area (Å²) in [7, 11) is 0. The fraction of sp³-hybridized carbons (Fsp3) is 0.474. The molecule has 1 atom stereocenters. The molecule has 25 heavy (non-hydrogen) atoms. The Balaban J connectivity index is 0.00000156. The van der Waals surface area contributed by atoms with Crippen molar-refractivity contribution in [2.45, 2.75) is 32.6 Å². The van der Waals surface area contributed by atoms with Gasteiger partial charge in [0.2, 0.25) is 5.88 Å². The van der Waals surface area contributed by atoms with E-state index in [1.807, 2.05) is 43.3 Å². The van der Waals surface area contributed by atoms with Crippen LogP contribution in [-0.2, 0) is 0 Å². The Morgan fingerprint density at radius 1 is 1.16 bits per heavy atom. The lowest BCUT2D eigenvalue weighted by molar-refractivity contribution is 0.268. The zero-order chi connectivity index (χ0) is 15.9. The van der Waals surface area contributed by atoms with E-state index in [-0.39, 0.29) is 24.8 Å². The van der Waals surface area contributed by atoms with E-state index in [2.05, 4.69) is 15.3 Å². The summed E-state index contributed by atoms with van der Waals surface area (Å²) in [5.74, 6) is 2.22. The smallest absolute Gasteiger partial charge is 0.217 e. The first-order valence-corrected chi connectivity index (χ1v) is 8.56. The second kappa shape index (κ2) is 11.3. The molecule has 0 bridgehead atoms. The molecule has 3 rings (SSSR count). The Bertz CT molecular complexity index is 619.